The van der Waals surface area contributed by atoms with Crippen LogP contribution in [0.1, 0.15) is 0 Å². The molecule has 0 aliphatic carbocycles. The highest BCUT2D eigenvalue weighted by atomic mass is 32.2. The molecule has 0 N–H and O–H groups in total. The highest BCUT2D eigenvalue weighted by Crippen LogP contribution is 2.33. The molecule has 11 heavy (non-hydrogen) atoms. The van der Waals surface area contributed by atoms with Crippen LogP contribution in [0, 0.1) is 0 Å². The van der Waals surface area contributed by atoms with E-state index in [4.69, 9.17) is 0 Å². The van der Waals surface area contributed by atoms with E-state index in [0.717, 1.165) is 4.21 Å². The molecule has 0 bridgehead atoms. The second-order valence-corrected chi connectivity index (χ2v) is 4.73. The van der Waals surface area contributed by atoms with Crippen LogP contribution in [0.3, 0.4) is 0 Å². The summed E-state index contributed by atoms with van der Waals surface area (Å²) in [5.74, 6) is 0. The third-order valence-corrected chi connectivity index (χ3v) is 3.61. The fourth-order valence-corrected chi connectivity index (χ4v) is 2.83. The molecular weight excluding hydrogens is 192 g/mol. The van der Waals surface area contributed by atoms with Gasteiger partial charge in [-0.1, -0.05) is 6.07 Å². The normalized spacial score (nSPS) is 10.3. The Morgan fingerprint density at radius 3 is 2.55 bits per heavy atom. The molecule has 0 spiro atoms. The summed E-state index contributed by atoms with van der Waals surface area (Å²) in [4.78, 5) is 1.30. The molecule has 0 radical (unpaired) electrons. The lowest BCUT2D eigenvalue weighted by Gasteiger charge is -1.91. The highest BCUT2D eigenvalue weighted by Gasteiger charge is 2.02. The molecule has 2 heterocycles. The van der Waals surface area contributed by atoms with Gasteiger partial charge in [-0.05, 0) is 22.9 Å². The maximum atomic E-state index is 4.36. The summed E-state index contributed by atoms with van der Waals surface area (Å²) >= 11 is 7.79. The number of thiol groups is 1. The first-order valence-electron chi connectivity index (χ1n) is 3.18. The van der Waals surface area contributed by atoms with Crippen LogP contribution in [0.5, 0.6) is 0 Å². The van der Waals surface area contributed by atoms with Crippen LogP contribution >= 0.6 is 35.3 Å². The van der Waals surface area contributed by atoms with Crippen LogP contribution in [0.2, 0.25) is 0 Å². The summed E-state index contributed by atoms with van der Waals surface area (Å²) < 4.78 is 1.10. The summed E-state index contributed by atoms with van der Waals surface area (Å²) in [5, 5.41) is 4.15. The maximum Gasteiger partial charge on any atom is 0.0654 e. The smallest absolute Gasteiger partial charge is 0.0654 e. The predicted molar refractivity (Wildman–Crippen MR) is 54.9 cm³/mol. The summed E-state index contributed by atoms with van der Waals surface area (Å²) in [6, 6.07) is 6.29. The third kappa shape index (κ3) is 1.36. The number of hydrogen-bond acceptors (Lipinski definition) is 3. The topological polar surface area (TPSA) is 0 Å². The molecule has 0 saturated carbocycles. The molecule has 2 aromatic heterocycles. The summed E-state index contributed by atoms with van der Waals surface area (Å²) in [6.07, 6.45) is 0. The number of thiophene rings is 2. The molecule has 0 saturated heterocycles. The van der Waals surface area contributed by atoms with E-state index in [9.17, 15) is 0 Å². The van der Waals surface area contributed by atoms with Gasteiger partial charge in [-0.2, -0.15) is 0 Å². The van der Waals surface area contributed by atoms with Gasteiger partial charge >= 0.3 is 0 Å². The van der Waals surface area contributed by atoms with Gasteiger partial charge in [0.25, 0.3) is 0 Å². The molecule has 0 fully saturated rings. The Hall–Kier alpha value is -0.250. The van der Waals surface area contributed by atoms with Crippen molar-refractivity contribution in [1.82, 2.24) is 0 Å². The number of rotatable bonds is 1. The Labute approximate surface area is 78.9 Å². The zero-order chi connectivity index (χ0) is 7.68. The van der Waals surface area contributed by atoms with E-state index in [1.165, 1.54) is 10.4 Å². The molecule has 0 aromatic carbocycles. The van der Waals surface area contributed by atoms with Gasteiger partial charge in [0, 0.05) is 10.4 Å². The highest BCUT2D eigenvalue weighted by molar-refractivity contribution is 7.83. The largest absolute Gasteiger partial charge is 0.144 e. The Morgan fingerprint density at radius 1 is 1.09 bits per heavy atom. The standard InChI is InChI=1S/C8H6S3/c9-8-6(3-5-11-8)7-2-1-4-10-7/h1-5,9H. The molecule has 0 aliphatic heterocycles. The number of hydrogen-bond donors (Lipinski definition) is 1. The summed E-state index contributed by atoms with van der Waals surface area (Å²) in [5.41, 5.74) is 1.26. The average Bonchev–Trinajstić information content (AvgIpc) is 2.55. The minimum Gasteiger partial charge on any atom is -0.144 e. The van der Waals surface area contributed by atoms with E-state index in [2.05, 4.69) is 41.6 Å². The van der Waals surface area contributed by atoms with Gasteiger partial charge in [-0.15, -0.1) is 35.3 Å². The van der Waals surface area contributed by atoms with Crippen molar-refractivity contribution in [3.63, 3.8) is 0 Å². The lowest BCUT2D eigenvalue weighted by molar-refractivity contribution is 1.73. The fraction of sp³-hybridized carbons (Fsp3) is 0. The SMILES string of the molecule is Sc1sccc1-c1cccs1. The van der Waals surface area contributed by atoms with Gasteiger partial charge in [-0.3, -0.25) is 0 Å². The van der Waals surface area contributed by atoms with Gasteiger partial charge in [0.05, 0.1) is 4.21 Å². The quantitative estimate of drug-likeness (QED) is 0.663. The van der Waals surface area contributed by atoms with E-state index in [-0.39, 0.29) is 0 Å². The maximum absolute atomic E-state index is 4.36. The molecule has 0 atom stereocenters. The van der Waals surface area contributed by atoms with Crippen molar-refractivity contribution in [2.75, 3.05) is 0 Å². The van der Waals surface area contributed by atoms with E-state index >= 15 is 0 Å². The monoisotopic (exact) mass is 198 g/mol. The van der Waals surface area contributed by atoms with Crippen LogP contribution in [-0.2, 0) is 0 Å². The first-order chi connectivity index (χ1) is 5.38. The lowest BCUT2D eigenvalue weighted by Crippen LogP contribution is -1.63. The van der Waals surface area contributed by atoms with E-state index < -0.39 is 0 Å². The zero-order valence-electron chi connectivity index (χ0n) is 5.65. The van der Waals surface area contributed by atoms with Crippen molar-refractivity contribution in [2.45, 2.75) is 4.21 Å². The fourth-order valence-electron chi connectivity index (χ4n) is 0.921. The molecular formula is C8H6S3. The van der Waals surface area contributed by atoms with Crippen LogP contribution in [0.15, 0.2) is 33.2 Å². The first-order valence-corrected chi connectivity index (χ1v) is 5.39. The molecule has 2 aromatic rings. The van der Waals surface area contributed by atoms with Crippen molar-refractivity contribution < 1.29 is 0 Å². The Bertz CT molecular complexity index is 332. The van der Waals surface area contributed by atoms with E-state index in [0.29, 0.717) is 0 Å². The second kappa shape index (κ2) is 3.01. The molecule has 2 rings (SSSR count). The molecule has 56 valence electrons. The van der Waals surface area contributed by atoms with E-state index in [1.54, 1.807) is 22.7 Å². The van der Waals surface area contributed by atoms with Crippen molar-refractivity contribution >= 4 is 35.3 Å². The Morgan fingerprint density at radius 2 is 2.00 bits per heavy atom. The van der Waals surface area contributed by atoms with Gasteiger partial charge in [0.1, 0.15) is 0 Å². The summed E-state index contributed by atoms with van der Waals surface area (Å²) in [7, 11) is 0. The van der Waals surface area contributed by atoms with Gasteiger partial charge in [0.2, 0.25) is 0 Å². The average molecular weight is 198 g/mol. The van der Waals surface area contributed by atoms with Crippen molar-refractivity contribution in [3.8, 4) is 10.4 Å². The zero-order valence-corrected chi connectivity index (χ0v) is 8.18. The van der Waals surface area contributed by atoms with Gasteiger partial charge < -0.3 is 0 Å². The Balaban J connectivity index is 2.53. The van der Waals surface area contributed by atoms with Gasteiger partial charge in [-0.25, -0.2) is 0 Å². The molecule has 0 aliphatic rings. The minimum absolute atomic E-state index is 1.10. The third-order valence-electron chi connectivity index (χ3n) is 1.43. The van der Waals surface area contributed by atoms with Crippen LogP contribution in [-0.4, -0.2) is 0 Å². The van der Waals surface area contributed by atoms with Crippen molar-refractivity contribution in [3.05, 3.63) is 29.0 Å². The van der Waals surface area contributed by atoms with Crippen LogP contribution < -0.4 is 0 Å². The molecule has 0 nitrogen and oxygen atoms in total. The predicted octanol–water partition coefficient (Wildman–Crippen LogP) is 3.77. The van der Waals surface area contributed by atoms with E-state index in [1.807, 2.05) is 0 Å². The van der Waals surface area contributed by atoms with Crippen molar-refractivity contribution in [1.29, 1.82) is 0 Å². The van der Waals surface area contributed by atoms with Crippen molar-refractivity contribution in [2.24, 2.45) is 0 Å². The molecule has 0 unspecified atom stereocenters. The molecule has 0 amide bonds. The van der Waals surface area contributed by atoms with Crippen LogP contribution in [0.4, 0.5) is 0 Å². The first kappa shape index (κ1) is 7.40. The second-order valence-electron chi connectivity index (χ2n) is 2.12. The van der Waals surface area contributed by atoms with Crippen LogP contribution in [0.25, 0.3) is 10.4 Å². The minimum atomic E-state index is 1.10. The Kier molecular flexibility index (Phi) is 2.02. The molecule has 3 heteroatoms. The summed E-state index contributed by atoms with van der Waals surface area (Å²) in [6.45, 7) is 0. The van der Waals surface area contributed by atoms with Gasteiger partial charge in [0.15, 0.2) is 0 Å². The lowest BCUT2D eigenvalue weighted by atomic mass is 10.3.